The number of hydrogen-bond donors (Lipinski definition) is 0. The van der Waals surface area contributed by atoms with Gasteiger partial charge in [-0.15, -0.1) is 0 Å². The second-order valence-corrected chi connectivity index (χ2v) is 3.92. The molecule has 1 aromatic heterocycles. The Bertz CT molecular complexity index is 346. The Balaban J connectivity index is 2.13. The van der Waals surface area contributed by atoms with Crippen molar-refractivity contribution < 1.29 is 9.21 Å². The van der Waals surface area contributed by atoms with Gasteiger partial charge in [-0.25, -0.2) is 0 Å². The summed E-state index contributed by atoms with van der Waals surface area (Å²) in [7, 11) is 0. The van der Waals surface area contributed by atoms with Crippen LogP contribution in [0.3, 0.4) is 0 Å². The number of hydrogen-bond acceptors (Lipinski definition) is 2. The number of furan rings is 1. The maximum Gasteiger partial charge on any atom is 0.223 e. The quantitative estimate of drug-likeness (QED) is 0.670. The minimum absolute atomic E-state index is 0.0573. The smallest absolute Gasteiger partial charge is 0.223 e. The Labute approximate surface area is 83.6 Å². The lowest BCUT2D eigenvalue weighted by Gasteiger charge is -2.16. The first kappa shape index (κ1) is 9.25. The molecule has 0 aromatic carbocycles. The van der Waals surface area contributed by atoms with Crippen molar-refractivity contribution >= 4 is 5.78 Å². The molecule has 2 rings (SSSR count). The molecule has 74 valence electrons. The van der Waals surface area contributed by atoms with Crippen molar-refractivity contribution in [2.45, 2.75) is 26.2 Å². The first-order valence-electron chi connectivity index (χ1n) is 5.04. The van der Waals surface area contributed by atoms with Crippen molar-refractivity contribution in [3.05, 3.63) is 35.8 Å². The van der Waals surface area contributed by atoms with Gasteiger partial charge in [0.2, 0.25) is 5.78 Å². The number of carbonyl (C=O) groups is 1. The van der Waals surface area contributed by atoms with Gasteiger partial charge in [0.15, 0.2) is 5.76 Å². The van der Waals surface area contributed by atoms with E-state index < -0.39 is 0 Å². The number of carbonyl (C=O) groups excluding carboxylic acids is 1. The van der Waals surface area contributed by atoms with Crippen LogP contribution in [0.15, 0.2) is 34.5 Å². The summed E-state index contributed by atoms with van der Waals surface area (Å²) in [6.07, 6.45) is 6.61. The van der Waals surface area contributed by atoms with Gasteiger partial charge in [-0.2, -0.15) is 0 Å². The normalized spacial score (nSPS) is 21.8. The third-order valence-corrected chi connectivity index (χ3v) is 2.71. The molecular weight excluding hydrogens is 176 g/mol. The van der Waals surface area contributed by atoms with Crippen LogP contribution in [-0.2, 0) is 0 Å². The van der Waals surface area contributed by atoms with Gasteiger partial charge in [0.1, 0.15) is 0 Å². The molecule has 1 aliphatic carbocycles. The average Bonchev–Trinajstić information content (AvgIpc) is 2.71. The van der Waals surface area contributed by atoms with E-state index in [1.165, 1.54) is 0 Å². The third-order valence-electron chi connectivity index (χ3n) is 2.71. The summed E-state index contributed by atoms with van der Waals surface area (Å²) in [4.78, 5) is 11.8. The van der Waals surface area contributed by atoms with Crippen molar-refractivity contribution in [3.8, 4) is 0 Å². The molecule has 1 heterocycles. The van der Waals surface area contributed by atoms with E-state index in [0.29, 0.717) is 11.7 Å². The lowest BCUT2D eigenvalue weighted by atomic mass is 9.89. The third kappa shape index (κ3) is 1.79. The van der Waals surface area contributed by atoms with Gasteiger partial charge in [0.25, 0.3) is 0 Å². The Morgan fingerprint density at radius 1 is 1.57 bits per heavy atom. The summed E-state index contributed by atoms with van der Waals surface area (Å²) in [5, 5.41) is 0. The molecule has 1 unspecified atom stereocenters. The molecule has 0 aliphatic heterocycles. The molecular formula is C12H14O2. The van der Waals surface area contributed by atoms with Crippen LogP contribution < -0.4 is 0 Å². The molecule has 0 saturated heterocycles. The zero-order valence-corrected chi connectivity index (χ0v) is 8.32. The maximum absolute atomic E-state index is 11.8. The molecule has 0 radical (unpaired) electrons. The van der Waals surface area contributed by atoms with Crippen LogP contribution >= 0.6 is 0 Å². The minimum atomic E-state index is 0.0573. The van der Waals surface area contributed by atoms with Crippen LogP contribution in [-0.4, -0.2) is 5.78 Å². The molecule has 0 amide bonds. The Morgan fingerprint density at radius 2 is 2.43 bits per heavy atom. The molecule has 1 aliphatic rings. The van der Waals surface area contributed by atoms with Gasteiger partial charge in [0.05, 0.1) is 6.26 Å². The summed E-state index contributed by atoms with van der Waals surface area (Å²) < 4.78 is 5.08. The largest absolute Gasteiger partial charge is 0.461 e. The van der Waals surface area contributed by atoms with E-state index in [0.717, 1.165) is 24.8 Å². The fourth-order valence-electron chi connectivity index (χ4n) is 1.74. The highest BCUT2D eigenvalue weighted by atomic mass is 16.3. The van der Waals surface area contributed by atoms with Crippen molar-refractivity contribution in [1.82, 2.24) is 0 Å². The number of Topliss-reactive ketones (excluding diaryl/α,β-unsaturated/α-hetero) is 1. The summed E-state index contributed by atoms with van der Waals surface area (Å²) >= 11 is 0. The monoisotopic (exact) mass is 190 g/mol. The second-order valence-electron chi connectivity index (χ2n) is 3.92. The zero-order valence-electron chi connectivity index (χ0n) is 8.32. The topological polar surface area (TPSA) is 30.2 Å². The average molecular weight is 190 g/mol. The number of ketones is 1. The summed E-state index contributed by atoms with van der Waals surface area (Å²) in [6, 6.07) is 3.47. The molecule has 0 fully saturated rings. The molecule has 14 heavy (non-hydrogen) atoms. The zero-order chi connectivity index (χ0) is 9.97. The minimum Gasteiger partial charge on any atom is -0.461 e. The van der Waals surface area contributed by atoms with E-state index >= 15 is 0 Å². The van der Waals surface area contributed by atoms with Crippen LogP contribution in [0.4, 0.5) is 0 Å². The lowest BCUT2D eigenvalue weighted by molar-refractivity contribution is 0.0997. The van der Waals surface area contributed by atoms with Gasteiger partial charge in [-0.1, -0.05) is 13.0 Å². The van der Waals surface area contributed by atoms with E-state index in [2.05, 4.69) is 13.0 Å². The SMILES string of the molecule is CC1CC=C(C(=O)c2ccco2)CC1. The fraction of sp³-hybridized carbons (Fsp3) is 0.417. The first-order valence-corrected chi connectivity index (χ1v) is 5.04. The van der Waals surface area contributed by atoms with E-state index in [-0.39, 0.29) is 5.78 Å². The highest BCUT2D eigenvalue weighted by Gasteiger charge is 2.18. The molecule has 0 bridgehead atoms. The Kier molecular flexibility index (Phi) is 2.53. The predicted molar refractivity (Wildman–Crippen MR) is 54.1 cm³/mol. The van der Waals surface area contributed by atoms with Gasteiger partial charge < -0.3 is 4.42 Å². The highest BCUT2D eigenvalue weighted by molar-refractivity contribution is 6.06. The molecule has 0 N–H and O–H groups in total. The predicted octanol–water partition coefficient (Wildman–Crippen LogP) is 3.21. The van der Waals surface area contributed by atoms with Gasteiger partial charge in [0, 0.05) is 0 Å². The molecule has 1 aromatic rings. The molecule has 2 nitrogen and oxygen atoms in total. The number of rotatable bonds is 2. The van der Waals surface area contributed by atoms with Crippen molar-refractivity contribution in [3.63, 3.8) is 0 Å². The molecule has 0 saturated carbocycles. The van der Waals surface area contributed by atoms with Crippen LogP contribution in [0.2, 0.25) is 0 Å². The van der Waals surface area contributed by atoms with Crippen LogP contribution in [0.1, 0.15) is 36.7 Å². The molecule has 2 heteroatoms. The molecule has 1 atom stereocenters. The maximum atomic E-state index is 11.8. The van der Waals surface area contributed by atoms with Gasteiger partial charge in [-0.05, 0) is 42.9 Å². The Morgan fingerprint density at radius 3 is 3.00 bits per heavy atom. The number of allylic oxidation sites excluding steroid dienone is 2. The van der Waals surface area contributed by atoms with Crippen molar-refractivity contribution in [1.29, 1.82) is 0 Å². The van der Waals surface area contributed by atoms with Crippen LogP contribution in [0.5, 0.6) is 0 Å². The summed E-state index contributed by atoms with van der Waals surface area (Å²) in [6.45, 7) is 2.21. The summed E-state index contributed by atoms with van der Waals surface area (Å²) in [5.41, 5.74) is 0.915. The van der Waals surface area contributed by atoms with E-state index in [1.54, 1.807) is 18.4 Å². The lowest BCUT2D eigenvalue weighted by Crippen LogP contribution is -2.09. The molecule has 0 spiro atoms. The summed E-state index contributed by atoms with van der Waals surface area (Å²) in [5.74, 6) is 1.23. The van der Waals surface area contributed by atoms with Crippen LogP contribution in [0.25, 0.3) is 0 Å². The first-order chi connectivity index (χ1) is 6.77. The van der Waals surface area contributed by atoms with Crippen molar-refractivity contribution in [2.75, 3.05) is 0 Å². The van der Waals surface area contributed by atoms with E-state index in [9.17, 15) is 4.79 Å². The van der Waals surface area contributed by atoms with Gasteiger partial charge >= 0.3 is 0 Å². The highest BCUT2D eigenvalue weighted by Crippen LogP contribution is 2.25. The van der Waals surface area contributed by atoms with Gasteiger partial charge in [-0.3, -0.25) is 4.79 Å². The fourth-order valence-corrected chi connectivity index (χ4v) is 1.74. The standard InChI is InChI=1S/C12H14O2/c1-9-4-6-10(7-5-9)12(13)11-3-2-8-14-11/h2-3,6,8-9H,4-5,7H2,1H3. The van der Waals surface area contributed by atoms with E-state index in [1.807, 2.05) is 0 Å². The van der Waals surface area contributed by atoms with Crippen molar-refractivity contribution in [2.24, 2.45) is 5.92 Å². The van der Waals surface area contributed by atoms with Crippen LogP contribution in [0, 0.1) is 5.92 Å². The Hall–Kier alpha value is -1.31. The second kappa shape index (κ2) is 3.82. The van der Waals surface area contributed by atoms with E-state index in [4.69, 9.17) is 4.42 Å².